The number of fused-ring (bicyclic) bond motifs is 1. The maximum atomic E-state index is 12.8. The molecule has 0 aliphatic heterocycles. The highest BCUT2D eigenvalue weighted by Crippen LogP contribution is 2.27. The lowest BCUT2D eigenvalue weighted by Crippen LogP contribution is -2.45. The van der Waals surface area contributed by atoms with Crippen LogP contribution in [0.1, 0.15) is 31.2 Å². The summed E-state index contributed by atoms with van der Waals surface area (Å²) in [6, 6.07) is 14.7. The van der Waals surface area contributed by atoms with Crippen LogP contribution in [0.15, 0.2) is 42.5 Å². The molecule has 3 rings (SSSR count). The summed E-state index contributed by atoms with van der Waals surface area (Å²) in [5.41, 5.74) is 6.45. The molecule has 0 heterocycles. The van der Waals surface area contributed by atoms with Gasteiger partial charge in [0.2, 0.25) is 11.8 Å². The fraction of sp³-hybridized carbons (Fsp3) is 0.400. The fourth-order valence-corrected chi connectivity index (χ4v) is 3.60. The van der Waals surface area contributed by atoms with Gasteiger partial charge in [0, 0.05) is 12.6 Å². The molecule has 3 N–H and O–H groups in total. The quantitative estimate of drug-likeness (QED) is 0.847. The molecule has 0 aromatic heterocycles. The van der Waals surface area contributed by atoms with E-state index in [2.05, 4.69) is 29.6 Å². The summed E-state index contributed by atoms with van der Waals surface area (Å²) in [4.78, 5) is 26.1. The predicted molar refractivity (Wildman–Crippen MR) is 98.8 cm³/mol. The first kappa shape index (κ1) is 17.4. The number of carbonyl (C=O) groups excluding carboxylic acids is 2. The van der Waals surface area contributed by atoms with Gasteiger partial charge in [-0.3, -0.25) is 9.59 Å². The Morgan fingerprint density at radius 3 is 2.56 bits per heavy atom. The van der Waals surface area contributed by atoms with Crippen molar-refractivity contribution >= 4 is 22.6 Å². The average Bonchev–Trinajstić information content (AvgIpc) is 3.18. The Hall–Kier alpha value is -2.40. The summed E-state index contributed by atoms with van der Waals surface area (Å²) in [5, 5.41) is 4.95. The molecule has 0 atom stereocenters. The maximum absolute atomic E-state index is 12.8. The van der Waals surface area contributed by atoms with Crippen molar-refractivity contribution in [3.8, 4) is 0 Å². The van der Waals surface area contributed by atoms with Crippen LogP contribution in [0, 0.1) is 0 Å². The first-order valence-electron chi connectivity index (χ1n) is 8.92. The van der Waals surface area contributed by atoms with Gasteiger partial charge in [-0.05, 0) is 29.2 Å². The number of rotatable bonds is 6. The number of hydrogen-bond acceptors (Lipinski definition) is 3. The van der Waals surface area contributed by atoms with Crippen LogP contribution in [0.5, 0.6) is 0 Å². The van der Waals surface area contributed by atoms with E-state index in [0.29, 0.717) is 6.54 Å². The van der Waals surface area contributed by atoms with Crippen LogP contribution in [0.4, 0.5) is 0 Å². The molecule has 5 heteroatoms. The van der Waals surface area contributed by atoms with E-state index in [4.69, 9.17) is 5.73 Å². The number of nitrogens with one attached hydrogen (secondary N) is 1. The van der Waals surface area contributed by atoms with E-state index in [9.17, 15) is 9.59 Å². The third kappa shape index (κ3) is 4.17. The van der Waals surface area contributed by atoms with Crippen molar-refractivity contribution in [2.75, 3.05) is 13.1 Å². The van der Waals surface area contributed by atoms with Gasteiger partial charge in [-0.25, -0.2) is 0 Å². The minimum absolute atomic E-state index is 0.0112. The molecule has 1 aliphatic carbocycles. The van der Waals surface area contributed by atoms with E-state index in [1.165, 1.54) is 10.8 Å². The van der Waals surface area contributed by atoms with Crippen LogP contribution in [0.3, 0.4) is 0 Å². The Morgan fingerprint density at radius 1 is 1.08 bits per heavy atom. The summed E-state index contributed by atoms with van der Waals surface area (Å²) in [6.45, 7) is 0.487. The van der Waals surface area contributed by atoms with Gasteiger partial charge in [0.15, 0.2) is 0 Å². The summed E-state index contributed by atoms with van der Waals surface area (Å²) < 4.78 is 0. The van der Waals surface area contributed by atoms with Crippen LogP contribution < -0.4 is 11.1 Å². The van der Waals surface area contributed by atoms with Gasteiger partial charge in [0.05, 0.1) is 13.1 Å². The van der Waals surface area contributed by atoms with Crippen LogP contribution in [0.2, 0.25) is 0 Å². The van der Waals surface area contributed by atoms with Gasteiger partial charge in [-0.1, -0.05) is 55.3 Å². The molecule has 1 fully saturated rings. The maximum Gasteiger partial charge on any atom is 0.242 e. The number of hydrogen-bond donors (Lipinski definition) is 2. The molecule has 1 aliphatic rings. The minimum Gasteiger partial charge on any atom is -0.346 e. The SMILES string of the molecule is NCC(=O)NCC(=O)N(Cc1cccc2ccccc12)C1CCCC1. The van der Waals surface area contributed by atoms with Gasteiger partial charge in [-0.2, -0.15) is 0 Å². The van der Waals surface area contributed by atoms with E-state index in [0.717, 1.165) is 31.2 Å². The molecular formula is C20H25N3O2. The molecule has 2 amide bonds. The Bertz CT molecular complexity index is 748. The summed E-state index contributed by atoms with van der Waals surface area (Å²) in [7, 11) is 0. The van der Waals surface area contributed by atoms with Crippen LogP contribution in [-0.4, -0.2) is 35.8 Å². The second-order valence-electron chi connectivity index (χ2n) is 6.58. The largest absolute Gasteiger partial charge is 0.346 e. The lowest BCUT2D eigenvalue weighted by atomic mass is 10.0. The molecule has 0 bridgehead atoms. The summed E-state index contributed by atoms with van der Waals surface area (Å²) in [6.07, 6.45) is 4.36. The van der Waals surface area contributed by atoms with Gasteiger partial charge in [0.25, 0.3) is 0 Å². The monoisotopic (exact) mass is 339 g/mol. The van der Waals surface area contributed by atoms with E-state index in [1.54, 1.807) is 0 Å². The Labute approximate surface area is 148 Å². The topological polar surface area (TPSA) is 75.4 Å². The second-order valence-corrected chi connectivity index (χ2v) is 6.58. The standard InChI is InChI=1S/C20H25N3O2/c21-12-19(24)22-13-20(25)23(17-9-2-3-10-17)14-16-8-5-7-15-6-1-4-11-18(15)16/h1,4-8,11,17H,2-3,9-10,12-14,21H2,(H,22,24). The molecule has 0 saturated heterocycles. The van der Waals surface area contributed by atoms with E-state index < -0.39 is 0 Å². The molecule has 2 aromatic rings. The molecular weight excluding hydrogens is 314 g/mol. The molecule has 2 aromatic carbocycles. The summed E-state index contributed by atoms with van der Waals surface area (Å²) >= 11 is 0. The third-order valence-corrected chi connectivity index (χ3v) is 4.93. The van der Waals surface area contributed by atoms with Crippen molar-refractivity contribution in [3.63, 3.8) is 0 Å². The van der Waals surface area contributed by atoms with Crippen molar-refractivity contribution in [1.29, 1.82) is 0 Å². The van der Waals surface area contributed by atoms with Crippen molar-refractivity contribution in [3.05, 3.63) is 48.0 Å². The van der Waals surface area contributed by atoms with Gasteiger partial charge in [-0.15, -0.1) is 0 Å². The Balaban J connectivity index is 1.81. The molecule has 0 unspecified atom stereocenters. The number of carbonyl (C=O) groups is 2. The number of nitrogens with zero attached hydrogens (tertiary/aromatic N) is 1. The van der Waals surface area contributed by atoms with Crippen molar-refractivity contribution in [2.45, 2.75) is 38.3 Å². The number of benzene rings is 2. The number of amides is 2. The van der Waals surface area contributed by atoms with E-state index in [1.807, 2.05) is 23.1 Å². The van der Waals surface area contributed by atoms with E-state index in [-0.39, 0.29) is 30.9 Å². The predicted octanol–water partition coefficient (Wildman–Crippen LogP) is 2.19. The molecule has 0 spiro atoms. The average molecular weight is 339 g/mol. The molecule has 25 heavy (non-hydrogen) atoms. The van der Waals surface area contributed by atoms with Gasteiger partial charge < -0.3 is 16.0 Å². The number of nitrogens with two attached hydrogens (primary N) is 1. The van der Waals surface area contributed by atoms with Crippen LogP contribution in [0.25, 0.3) is 10.8 Å². The first-order chi connectivity index (χ1) is 12.2. The second kappa shape index (κ2) is 8.12. The van der Waals surface area contributed by atoms with Crippen molar-refractivity contribution in [2.24, 2.45) is 5.73 Å². The summed E-state index contributed by atoms with van der Waals surface area (Å²) in [5.74, 6) is -0.341. The molecule has 5 nitrogen and oxygen atoms in total. The zero-order valence-electron chi connectivity index (χ0n) is 14.4. The zero-order chi connectivity index (χ0) is 17.6. The molecule has 0 radical (unpaired) electrons. The van der Waals surface area contributed by atoms with Crippen LogP contribution >= 0.6 is 0 Å². The van der Waals surface area contributed by atoms with E-state index >= 15 is 0 Å². The Morgan fingerprint density at radius 2 is 1.80 bits per heavy atom. The molecule has 1 saturated carbocycles. The van der Waals surface area contributed by atoms with Gasteiger partial charge >= 0.3 is 0 Å². The van der Waals surface area contributed by atoms with Crippen LogP contribution in [-0.2, 0) is 16.1 Å². The third-order valence-electron chi connectivity index (χ3n) is 4.93. The smallest absolute Gasteiger partial charge is 0.242 e. The van der Waals surface area contributed by atoms with Crippen molar-refractivity contribution < 1.29 is 9.59 Å². The molecule has 132 valence electrons. The lowest BCUT2D eigenvalue weighted by Gasteiger charge is -2.30. The lowest BCUT2D eigenvalue weighted by molar-refractivity contribution is -0.135. The first-order valence-corrected chi connectivity index (χ1v) is 8.92. The highest BCUT2D eigenvalue weighted by Gasteiger charge is 2.27. The van der Waals surface area contributed by atoms with Crippen molar-refractivity contribution in [1.82, 2.24) is 10.2 Å². The Kier molecular flexibility index (Phi) is 5.66. The fourth-order valence-electron chi connectivity index (χ4n) is 3.60. The minimum atomic E-state index is -0.301. The zero-order valence-corrected chi connectivity index (χ0v) is 14.4. The highest BCUT2D eigenvalue weighted by molar-refractivity contribution is 5.88. The van der Waals surface area contributed by atoms with Gasteiger partial charge in [0.1, 0.15) is 0 Å². The normalized spacial score (nSPS) is 14.6. The highest BCUT2D eigenvalue weighted by atomic mass is 16.2.